The van der Waals surface area contributed by atoms with Crippen LogP contribution < -0.4 is 18.9 Å². The minimum atomic E-state index is -1.38. The molecule has 0 aromatic heterocycles. The van der Waals surface area contributed by atoms with Crippen molar-refractivity contribution in [2.75, 3.05) is 0 Å². The van der Waals surface area contributed by atoms with Crippen LogP contribution >= 0.6 is 0 Å². The van der Waals surface area contributed by atoms with E-state index in [4.69, 9.17) is 18.9 Å². The topological polar surface area (TPSA) is 105 Å². The van der Waals surface area contributed by atoms with E-state index in [0.717, 1.165) is 0 Å². The van der Waals surface area contributed by atoms with Gasteiger partial charge in [0.2, 0.25) is 0 Å². The van der Waals surface area contributed by atoms with Crippen molar-refractivity contribution in [2.24, 2.45) is 21.7 Å². The molecule has 0 spiro atoms. The van der Waals surface area contributed by atoms with Gasteiger partial charge in [-0.1, -0.05) is 72.8 Å². The number of benzene rings is 4. The third-order valence-corrected chi connectivity index (χ3v) is 9.61. The van der Waals surface area contributed by atoms with Crippen LogP contribution in [0.1, 0.15) is 38.5 Å². The molecule has 4 aliphatic carbocycles. The molecule has 4 aromatic rings. The lowest BCUT2D eigenvalue weighted by Crippen LogP contribution is -2.70. The first-order chi connectivity index (χ1) is 22.2. The summed E-state index contributed by atoms with van der Waals surface area (Å²) in [6.45, 7) is 0. The van der Waals surface area contributed by atoms with Crippen LogP contribution in [0.5, 0.6) is 23.0 Å². The first kappa shape index (κ1) is 29.5. The van der Waals surface area contributed by atoms with Gasteiger partial charge in [-0.2, -0.15) is 0 Å². The zero-order chi connectivity index (χ0) is 31.8. The lowest BCUT2D eigenvalue weighted by molar-refractivity contribution is -0.226. The molecule has 8 heteroatoms. The highest BCUT2D eigenvalue weighted by Crippen LogP contribution is 2.74. The van der Waals surface area contributed by atoms with Gasteiger partial charge in [-0.15, -0.1) is 0 Å². The summed E-state index contributed by atoms with van der Waals surface area (Å²) in [6.07, 6.45) is 0.322. The standard InChI is InChI=1S/C38H32O8/c39-31(43-27-13-5-1-6-14-27)35-21-36(32(40)44-28-15-7-2-8-16-28)24-37(22-35,33(41)45-29-17-9-3-10-18-29)26-38(23-35,25-36)34(42)46-30-19-11-4-12-20-30/h1-20H,21-26H2. The van der Waals surface area contributed by atoms with E-state index in [-0.39, 0.29) is 38.5 Å². The normalized spacial score (nSPS) is 27.3. The first-order valence-corrected chi connectivity index (χ1v) is 15.3. The molecule has 4 fully saturated rings. The van der Waals surface area contributed by atoms with E-state index in [1.54, 1.807) is 121 Å². The third-order valence-electron chi connectivity index (χ3n) is 9.61. The van der Waals surface area contributed by atoms with Gasteiger partial charge in [0.1, 0.15) is 23.0 Å². The number of esters is 4. The van der Waals surface area contributed by atoms with Crippen molar-refractivity contribution in [1.29, 1.82) is 0 Å². The molecule has 232 valence electrons. The average Bonchev–Trinajstić information content (AvgIpc) is 3.06. The van der Waals surface area contributed by atoms with Crippen LogP contribution in [0, 0.1) is 21.7 Å². The lowest BCUT2D eigenvalue weighted by Gasteiger charge is -2.66. The van der Waals surface area contributed by atoms with Crippen LogP contribution in [0.3, 0.4) is 0 Å². The molecule has 4 bridgehead atoms. The van der Waals surface area contributed by atoms with Crippen molar-refractivity contribution in [3.8, 4) is 23.0 Å². The van der Waals surface area contributed by atoms with Gasteiger partial charge in [-0.05, 0) is 87.1 Å². The van der Waals surface area contributed by atoms with Crippen molar-refractivity contribution in [3.63, 3.8) is 0 Å². The second-order valence-corrected chi connectivity index (χ2v) is 13.0. The summed E-state index contributed by atoms with van der Waals surface area (Å²) in [7, 11) is 0. The minimum Gasteiger partial charge on any atom is -0.426 e. The quantitative estimate of drug-likeness (QED) is 0.158. The molecule has 4 aromatic carbocycles. The highest BCUT2D eigenvalue weighted by molar-refractivity contribution is 5.93. The summed E-state index contributed by atoms with van der Waals surface area (Å²) < 4.78 is 23.7. The number of carbonyl (C=O) groups is 4. The van der Waals surface area contributed by atoms with Crippen molar-refractivity contribution in [2.45, 2.75) is 38.5 Å². The number of carbonyl (C=O) groups excluding carboxylic acids is 4. The molecule has 0 radical (unpaired) electrons. The number of para-hydroxylation sites is 4. The maximum atomic E-state index is 14.4. The fourth-order valence-corrected chi connectivity index (χ4v) is 8.32. The number of hydrogen-bond acceptors (Lipinski definition) is 8. The lowest BCUT2D eigenvalue weighted by atomic mass is 9.35. The van der Waals surface area contributed by atoms with Gasteiger partial charge in [0, 0.05) is 0 Å². The Morgan fingerprint density at radius 3 is 0.674 bits per heavy atom. The minimum absolute atomic E-state index is 0.0536. The van der Waals surface area contributed by atoms with Crippen molar-refractivity contribution >= 4 is 23.9 Å². The summed E-state index contributed by atoms with van der Waals surface area (Å²) in [4.78, 5) is 57.4. The second-order valence-electron chi connectivity index (χ2n) is 13.0. The SMILES string of the molecule is O=C(Oc1ccccc1)C12CC3(C(=O)Oc4ccccc4)CC(C(=O)Oc4ccccc4)(C1)CC(C(=O)Oc1ccccc1)(C2)C3. The Labute approximate surface area is 266 Å². The van der Waals surface area contributed by atoms with E-state index in [1.165, 1.54) is 0 Å². The molecular formula is C38H32O8. The van der Waals surface area contributed by atoms with E-state index in [0.29, 0.717) is 23.0 Å². The zero-order valence-corrected chi connectivity index (χ0v) is 25.1. The Kier molecular flexibility index (Phi) is 7.23. The molecule has 0 unspecified atom stereocenters. The van der Waals surface area contributed by atoms with E-state index >= 15 is 0 Å². The van der Waals surface area contributed by atoms with E-state index in [1.807, 2.05) is 0 Å². The fraction of sp³-hybridized carbons (Fsp3) is 0.263. The Hall–Kier alpha value is -5.24. The summed E-state index contributed by atoms with van der Waals surface area (Å²) in [5.74, 6) is -1.13. The predicted molar refractivity (Wildman–Crippen MR) is 166 cm³/mol. The Bertz CT molecular complexity index is 1470. The second kappa shape index (κ2) is 11.3. The summed E-state index contributed by atoms with van der Waals surface area (Å²) in [5, 5.41) is 0. The molecule has 0 atom stereocenters. The van der Waals surface area contributed by atoms with Crippen LogP contribution in [-0.2, 0) is 19.2 Å². The first-order valence-electron chi connectivity index (χ1n) is 15.3. The average molecular weight is 617 g/mol. The number of hydrogen-bond donors (Lipinski definition) is 0. The highest BCUT2D eigenvalue weighted by Gasteiger charge is 2.77. The molecule has 8 rings (SSSR count). The van der Waals surface area contributed by atoms with Crippen LogP contribution in [0.25, 0.3) is 0 Å². The fourth-order valence-electron chi connectivity index (χ4n) is 8.32. The number of rotatable bonds is 8. The van der Waals surface area contributed by atoms with E-state index in [9.17, 15) is 19.2 Å². The zero-order valence-electron chi connectivity index (χ0n) is 25.1. The van der Waals surface area contributed by atoms with Crippen molar-refractivity contribution in [1.82, 2.24) is 0 Å². The van der Waals surface area contributed by atoms with Gasteiger partial charge < -0.3 is 18.9 Å². The Morgan fingerprint density at radius 1 is 0.326 bits per heavy atom. The summed E-state index contributed by atoms with van der Waals surface area (Å²) in [6, 6.07) is 34.5. The van der Waals surface area contributed by atoms with Gasteiger partial charge in [0.05, 0.1) is 21.7 Å². The maximum Gasteiger partial charge on any atom is 0.317 e. The van der Waals surface area contributed by atoms with Gasteiger partial charge in [-0.3, -0.25) is 19.2 Å². The molecular weight excluding hydrogens is 584 g/mol. The third kappa shape index (κ3) is 5.23. The van der Waals surface area contributed by atoms with Gasteiger partial charge in [-0.25, -0.2) is 0 Å². The highest BCUT2D eigenvalue weighted by atomic mass is 16.6. The molecule has 0 heterocycles. The maximum absolute atomic E-state index is 14.4. The smallest absolute Gasteiger partial charge is 0.317 e. The predicted octanol–water partition coefficient (Wildman–Crippen LogP) is 6.74. The molecule has 0 aliphatic heterocycles. The van der Waals surface area contributed by atoms with Gasteiger partial charge >= 0.3 is 23.9 Å². The molecule has 0 saturated heterocycles. The monoisotopic (exact) mass is 616 g/mol. The molecule has 0 amide bonds. The van der Waals surface area contributed by atoms with Crippen LogP contribution in [0.2, 0.25) is 0 Å². The molecule has 0 N–H and O–H groups in total. The molecule has 8 nitrogen and oxygen atoms in total. The summed E-state index contributed by atoms with van der Waals surface area (Å²) in [5.41, 5.74) is -5.53. The molecule has 4 saturated carbocycles. The van der Waals surface area contributed by atoms with Crippen LogP contribution in [0.4, 0.5) is 0 Å². The molecule has 46 heavy (non-hydrogen) atoms. The van der Waals surface area contributed by atoms with Crippen LogP contribution in [0.15, 0.2) is 121 Å². The Morgan fingerprint density at radius 2 is 0.500 bits per heavy atom. The number of ether oxygens (including phenoxy) is 4. The van der Waals surface area contributed by atoms with Crippen molar-refractivity contribution in [3.05, 3.63) is 121 Å². The van der Waals surface area contributed by atoms with E-state index in [2.05, 4.69) is 0 Å². The largest absolute Gasteiger partial charge is 0.426 e. The van der Waals surface area contributed by atoms with E-state index < -0.39 is 45.5 Å². The van der Waals surface area contributed by atoms with Crippen LogP contribution in [-0.4, -0.2) is 23.9 Å². The van der Waals surface area contributed by atoms with Crippen molar-refractivity contribution < 1.29 is 38.1 Å². The van der Waals surface area contributed by atoms with Gasteiger partial charge in [0.25, 0.3) is 0 Å². The Balaban J connectivity index is 1.35. The molecule has 4 aliphatic rings. The summed E-state index contributed by atoms with van der Waals surface area (Å²) >= 11 is 0. The van der Waals surface area contributed by atoms with Gasteiger partial charge in [0.15, 0.2) is 0 Å².